The lowest BCUT2D eigenvalue weighted by Crippen LogP contribution is -2.06. The number of hydrogen-bond donors (Lipinski definition) is 1. The maximum Gasteiger partial charge on any atom is 0.129 e. The Balaban J connectivity index is 1.82. The minimum atomic E-state index is -0.201. The van der Waals surface area contributed by atoms with E-state index in [4.69, 9.17) is 0 Å². The van der Waals surface area contributed by atoms with E-state index >= 15 is 0 Å². The summed E-state index contributed by atoms with van der Waals surface area (Å²) in [5, 5.41) is 3.16. The molecule has 1 heterocycles. The van der Waals surface area contributed by atoms with Gasteiger partial charge in [0, 0.05) is 12.7 Å². The van der Waals surface area contributed by atoms with E-state index in [1.165, 1.54) is 18.5 Å². The normalized spacial score (nSPS) is 10.1. The molecule has 1 N–H and O–H groups in total. The van der Waals surface area contributed by atoms with Gasteiger partial charge in [0.1, 0.15) is 18.0 Å². The van der Waals surface area contributed by atoms with Crippen LogP contribution in [0.2, 0.25) is 0 Å². The molecule has 16 heavy (non-hydrogen) atoms. The Morgan fingerprint density at radius 3 is 2.62 bits per heavy atom. The molecule has 0 atom stereocenters. The molecule has 0 spiro atoms. The highest BCUT2D eigenvalue weighted by Crippen LogP contribution is 2.04. The maximum absolute atomic E-state index is 12.6. The number of nitrogens with zero attached hydrogens (tertiary/aromatic N) is 2. The second kappa shape index (κ2) is 5.21. The average Bonchev–Trinajstić information content (AvgIpc) is 2.33. The highest BCUT2D eigenvalue weighted by Gasteiger charge is 1.95. The molecule has 0 saturated carbocycles. The standard InChI is InChI=1S/C12H12FN3/c13-11-3-1-10(2-4-11)5-8-15-12-6-7-14-9-16-12/h1-4,6-7,9H,5,8H2,(H,14,15,16). The molecule has 2 aromatic rings. The van der Waals surface area contributed by atoms with Gasteiger partial charge in [-0.25, -0.2) is 14.4 Å². The minimum Gasteiger partial charge on any atom is -0.370 e. The van der Waals surface area contributed by atoms with Crippen LogP contribution < -0.4 is 5.32 Å². The van der Waals surface area contributed by atoms with Crippen molar-refractivity contribution in [2.45, 2.75) is 6.42 Å². The van der Waals surface area contributed by atoms with Crippen molar-refractivity contribution >= 4 is 5.82 Å². The number of halogens is 1. The van der Waals surface area contributed by atoms with Gasteiger partial charge in [-0.3, -0.25) is 0 Å². The van der Waals surface area contributed by atoms with E-state index in [0.29, 0.717) is 0 Å². The highest BCUT2D eigenvalue weighted by atomic mass is 19.1. The van der Waals surface area contributed by atoms with Gasteiger partial charge in [0.2, 0.25) is 0 Å². The van der Waals surface area contributed by atoms with Crippen LogP contribution in [0, 0.1) is 5.82 Å². The zero-order valence-electron chi connectivity index (χ0n) is 8.73. The van der Waals surface area contributed by atoms with Crippen molar-refractivity contribution in [2.75, 3.05) is 11.9 Å². The lowest BCUT2D eigenvalue weighted by molar-refractivity contribution is 0.627. The molecule has 0 saturated heterocycles. The third kappa shape index (κ3) is 3.02. The first-order valence-electron chi connectivity index (χ1n) is 5.09. The Morgan fingerprint density at radius 2 is 1.94 bits per heavy atom. The summed E-state index contributed by atoms with van der Waals surface area (Å²) in [6.07, 6.45) is 4.03. The van der Waals surface area contributed by atoms with E-state index in [1.54, 1.807) is 18.3 Å². The molecule has 1 aromatic heterocycles. The molecule has 4 heteroatoms. The van der Waals surface area contributed by atoms with Crippen molar-refractivity contribution in [2.24, 2.45) is 0 Å². The van der Waals surface area contributed by atoms with E-state index in [9.17, 15) is 4.39 Å². The van der Waals surface area contributed by atoms with Crippen LogP contribution in [0.15, 0.2) is 42.9 Å². The fourth-order valence-corrected chi connectivity index (χ4v) is 1.38. The molecule has 0 fully saturated rings. The first-order chi connectivity index (χ1) is 7.84. The summed E-state index contributed by atoms with van der Waals surface area (Å²) >= 11 is 0. The van der Waals surface area contributed by atoms with Gasteiger partial charge in [0.05, 0.1) is 0 Å². The van der Waals surface area contributed by atoms with E-state index in [1.807, 2.05) is 6.07 Å². The Hall–Kier alpha value is -1.97. The van der Waals surface area contributed by atoms with Crippen LogP contribution in [0.4, 0.5) is 10.2 Å². The third-order valence-corrected chi connectivity index (χ3v) is 2.22. The Morgan fingerprint density at radius 1 is 1.12 bits per heavy atom. The van der Waals surface area contributed by atoms with Crippen LogP contribution in [0.25, 0.3) is 0 Å². The number of rotatable bonds is 4. The predicted octanol–water partition coefficient (Wildman–Crippen LogP) is 2.27. The molecule has 0 aliphatic heterocycles. The van der Waals surface area contributed by atoms with Crippen LogP contribution in [-0.4, -0.2) is 16.5 Å². The number of hydrogen-bond acceptors (Lipinski definition) is 3. The van der Waals surface area contributed by atoms with E-state index < -0.39 is 0 Å². The van der Waals surface area contributed by atoms with E-state index in [2.05, 4.69) is 15.3 Å². The summed E-state index contributed by atoms with van der Waals surface area (Å²) in [4.78, 5) is 7.87. The molecule has 3 nitrogen and oxygen atoms in total. The molecule has 82 valence electrons. The lowest BCUT2D eigenvalue weighted by Gasteiger charge is -2.04. The summed E-state index contributed by atoms with van der Waals surface area (Å²) in [5.41, 5.74) is 1.10. The van der Waals surface area contributed by atoms with Crippen molar-refractivity contribution in [1.29, 1.82) is 0 Å². The van der Waals surface area contributed by atoms with Crippen LogP contribution in [0.3, 0.4) is 0 Å². The lowest BCUT2D eigenvalue weighted by atomic mass is 10.1. The molecule has 1 aromatic carbocycles. The van der Waals surface area contributed by atoms with Crippen molar-refractivity contribution in [3.8, 4) is 0 Å². The van der Waals surface area contributed by atoms with E-state index in [0.717, 1.165) is 24.3 Å². The van der Waals surface area contributed by atoms with Crippen LogP contribution in [0.5, 0.6) is 0 Å². The van der Waals surface area contributed by atoms with Gasteiger partial charge in [0.25, 0.3) is 0 Å². The summed E-state index contributed by atoms with van der Waals surface area (Å²) in [6, 6.07) is 8.33. The van der Waals surface area contributed by atoms with E-state index in [-0.39, 0.29) is 5.82 Å². The molecule has 0 aliphatic carbocycles. The second-order valence-corrected chi connectivity index (χ2v) is 3.40. The Labute approximate surface area is 93.4 Å². The van der Waals surface area contributed by atoms with Gasteiger partial charge < -0.3 is 5.32 Å². The van der Waals surface area contributed by atoms with Gasteiger partial charge in [-0.2, -0.15) is 0 Å². The maximum atomic E-state index is 12.6. The van der Waals surface area contributed by atoms with Gasteiger partial charge in [-0.15, -0.1) is 0 Å². The zero-order chi connectivity index (χ0) is 11.2. The zero-order valence-corrected chi connectivity index (χ0v) is 8.73. The molecule has 2 rings (SSSR count). The molecule has 0 bridgehead atoms. The molecular weight excluding hydrogens is 205 g/mol. The van der Waals surface area contributed by atoms with Gasteiger partial charge >= 0.3 is 0 Å². The van der Waals surface area contributed by atoms with Crippen molar-refractivity contribution < 1.29 is 4.39 Å². The number of benzene rings is 1. The number of nitrogens with one attached hydrogen (secondary N) is 1. The van der Waals surface area contributed by atoms with Gasteiger partial charge in [-0.1, -0.05) is 12.1 Å². The average molecular weight is 217 g/mol. The third-order valence-electron chi connectivity index (χ3n) is 2.22. The number of anilines is 1. The van der Waals surface area contributed by atoms with Gasteiger partial charge in [-0.05, 0) is 30.2 Å². The largest absolute Gasteiger partial charge is 0.370 e. The van der Waals surface area contributed by atoms with Crippen molar-refractivity contribution in [3.05, 3.63) is 54.2 Å². The predicted molar refractivity (Wildman–Crippen MR) is 60.6 cm³/mol. The van der Waals surface area contributed by atoms with Crippen LogP contribution in [0.1, 0.15) is 5.56 Å². The Bertz CT molecular complexity index is 428. The first-order valence-corrected chi connectivity index (χ1v) is 5.09. The van der Waals surface area contributed by atoms with Crippen molar-refractivity contribution in [1.82, 2.24) is 9.97 Å². The first kappa shape index (κ1) is 10.5. The number of aromatic nitrogens is 2. The molecule has 0 radical (unpaired) electrons. The fourth-order valence-electron chi connectivity index (χ4n) is 1.38. The molecule has 0 amide bonds. The second-order valence-electron chi connectivity index (χ2n) is 3.40. The van der Waals surface area contributed by atoms with Crippen LogP contribution >= 0.6 is 0 Å². The topological polar surface area (TPSA) is 37.8 Å². The molecular formula is C12H12FN3. The summed E-state index contributed by atoms with van der Waals surface area (Å²) in [7, 11) is 0. The monoisotopic (exact) mass is 217 g/mol. The smallest absolute Gasteiger partial charge is 0.129 e. The quantitative estimate of drug-likeness (QED) is 0.853. The fraction of sp³-hybridized carbons (Fsp3) is 0.167. The van der Waals surface area contributed by atoms with Crippen molar-refractivity contribution in [3.63, 3.8) is 0 Å². The summed E-state index contributed by atoms with van der Waals surface area (Å²) < 4.78 is 12.6. The Kier molecular flexibility index (Phi) is 3.43. The summed E-state index contributed by atoms with van der Waals surface area (Å²) in [6.45, 7) is 0.767. The minimum absolute atomic E-state index is 0.201. The summed E-state index contributed by atoms with van der Waals surface area (Å²) in [5.74, 6) is 0.602. The SMILES string of the molecule is Fc1ccc(CCNc2ccncn2)cc1. The van der Waals surface area contributed by atoms with Gasteiger partial charge in [0.15, 0.2) is 0 Å². The van der Waals surface area contributed by atoms with Crippen LogP contribution in [-0.2, 0) is 6.42 Å². The molecule has 0 aliphatic rings. The molecule has 0 unspecified atom stereocenters. The highest BCUT2D eigenvalue weighted by molar-refractivity contribution is 5.31.